The summed E-state index contributed by atoms with van der Waals surface area (Å²) in [5.41, 5.74) is 4.62. The molecule has 3 heterocycles. The van der Waals surface area contributed by atoms with Crippen molar-refractivity contribution >= 4 is 56.5 Å². The Morgan fingerprint density at radius 2 is 1.73 bits per heavy atom. The zero-order valence-corrected chi connectivity index (χ0v) is 21.4. The topological polar surface area (TPSA) is 46.8 Å². The molecule has 0 aliphatic carbocycles. The van der Waals surface area contributed by atoms with Gasteiger partial charge in [-0.2, -0.15) is 5.10 Å². The summed E-state index contributed by atoms with van der Waals surface area (Å²) in [6.07, 6.45) is 1.96. The molecule has 2 atom stereocenters. The molecule has 2 aliphatic heterocycles. The summed E-state index contributed by atoms with van der Waals surface area (Å²) in [6.45, 7) is 1.56. The highest BCUT2D eigenvalue weighted by atomic mass is 35.5. The van der Waals surface area contributed by atoms with E-state index < -0.39 is 6.23 Å². The smallest absolute Gasteiger partial charge is 0.227 e. The molecule has 0 bridgehead atoms. The van der Waals surface area contributed by atoms with Gasteiger partial charge in [-0.05, 0) is 40.6 Å². The first-order chi connectivity index (χ1) is 18.0. The molecule has 0 saturated carbocycles. The summed E-state index contributed by atoms with van der Waals surface area (Å²) in [7, 11) is 0. The van der Waals surface area contributed by atoms with E-state index in [9.17, 15) is 4.79 Å². The first-order valence-electron chi connectivity index (χ1n) is 12.1. The highest BCUT2D eigenvalue weighted by molar-refractivity contribution is 6.35. The number of halogens is 2. The largest absolute Gasteiger partial charge is 0.463 e. The average Bonchev–Trinajstić information content (AvgIpc) is 3.51. The summed E-state index contributed by atoms with van der Waals surface area (Å²) >= 11 is 13.1. The van der Waals surface area contributed by atoms with Gasteiger partial charge in [0.05, 0.1) is 22.3 Å². The second kappa shape index (κ2) is 8.37. The zero-order valence-electron chi connectivity index (χ0n) is 19.9. The Bertz CT molecular complexity index is 1770. The molecular weight excluding hydrogens is 505 g/mol. The lowest BCUT2D eigenvalue weighted by molar-refractivity contribution is -0.0180. The van der Waals surface area contributed by atoms with Crippen LogP contribution in [0, 0.1) is 0 Å². The van der Waals surface area contributed by atoms with Crippen LogP contribution in [0.4, 0.5) is 0 Å². The van der Waals surface area contributed by atoms with Gasteiger partial charge in [0.25, 0.3) is 0 Å². The molecule has 5 nitrogen and oxygen atoms in total. The number of ether oxygens (including phenoxy) is 1. The van der Waals surface area contributed by atoms with Gasteiger partial charge in [-0.3, -0.25) is 9.36 Å². The molecule has 0 unspecified atom stereocenters. The van der Waals surface area contributed by atoms with E-state index in [1.165, 1.54) is 5.39 Å². The van der Waals surface area contributed by atoms with Gasteiger partial charge < -0.3 is 4.74 Å². The molecule has 7 heteroatoms. The first-order valence-corrected chi connectivity index (χ1v) is 12.8. The number of para-hydroxylation sites is 1. The third-order valence-electron chi connectivity index (χ3n) is 7.24. The summed E-state index contributed by atoms with van der Waals surface area (Å²) in [6, 6.07) is 26.0. The minimum atomic E-state index is -0.570. The van der Waals surface area contributed by atoms with Crippen molar-refractivity contribution in [1.82, 2.24) is 9.58 Å². The van der Waals surface area contributed by atoms with Crippen molar-refractivity contribution in [2.45, 2.75) is 25.6 Å². The van der Waals surface area contributed by atoms with Crippen LogP contribution >= 0.6 is 23.2 Å². The van der Waals surface area contributed by atoms with Gasteiger partial charge in [0, 0.05) is 41.1 Å². The molecular formula is C30H21Cl2N3O2. The molecule has 0 fully saturated rings. The molecule has 2 aliphatic rings. The van der Waals surface area contributed by atoms with Crippen molar-refractivity contribution < 1.29 is 9.53 Å². The van der Waals surface area contributed by atoms with Crippen LogP contribution in [0.5, 0.6) is 5.75 Å². The monoisotopic (exact) mass is 525 g/mol. The molecule has 4 aromatic carbocycles. The fourth-order valence-electron chi connectivity index (χ4n) is 5.53. The molecule has 0 N–H and O–H groups in total. The Morgan fingerprint density at radius 1 is 0.946 bits per heavy atom. The maximum absolute atomic E-state index is 12.5. The average molecular weight is 526 g/mol. The van der Waals surface area contributed by atoms with Crippen molar-refractivity contribution in [2.75, 3.05) is 0 Å². The van der Waals surface area contributed by atoms with E-state index in [4.69, 9.17) is 33.0 Å². The van der Waals surface area contributed by atoms with Gasteiger partial charge in [0.1, 0.15) is 5.75 Å². The predicted octanol–water partition coefficient (Wildman–Crippen LogP) is 8.00. The normalized spacial score (nSPS) is 18.5. The number of fused-ring (bicyclic) bond motifs is 5. The second-order valence-corrected chi connectivity index (χ2v) is 10.3. The number of rotatable bonds is 2. The highest BCUT2D eigenvalue weighted by Gasteiger charge is 2.43. The van der Waals surface area contributed by atoms with E-state index in [0.717, 1.165) is 38.7 Å². The third kappa shape index (κ3) is 3.53. The summed E-state index contributed by atoms with van der Waals surface area (Å²) in [4.78, 5) is 12.5. The van der Waals surface area contributed by atoms with Gasteiger partial charge in [-0.15, -0.1) is 0 Å². The number of benzene rings is 4. The van der Waals surface area contributed by atoms with Crippen molar-refractivity contribution in [2.24, 2.45) is 5.10 Å². The van der Waals surface area contributed by atoms with Crippen LogP contribution in [0.2, 0.25) is 10.0 Å². The fourth-order valence-corrected chi connectivity index (χ4v) is 6.08. The van der Waals surface area contributed by atoms with Crippen LogP contribution in [-0.4, -0.2) is 21.2 Å². The van der Waals surface area contributed by atoms with Gasteiger partial charge >= 0.3 is 0 Å². The summed E-state index contributed by atoms with van der Waals surface area (Å²) in [5.74, 6) is 0.536. The Labute approximate surface area is 223 Å². The standard InChI is InChI=1S/C30H21Cl2N3O2/c1-17(36)34-16-24(22-8-4-5-9-27(22)34)30-35-28(23-13-21(31)14-25(32)29(23)37-30)15-26(33-35)20-11-10-18-6-2-3-7-19(18)12-20/h2-14,16,28,30H,15H2,1H3/t28-,30-/m0/s1. The lowest BCUT2D eigenvalue weighted by Crippen LogP contribution is -2.33. The van der Waals surface area contributed by atoms with Gasteiger partial charge in [-0.25, -0.2) is 5.01 Å². The van der Waals surface area contributed by atoms with Gasteiger partial charge in [-0.1, -0.05) is 77.8 Å². The highest BCUT2D eigenvalue weighted by Crippen LogP contribution is 2.51. The van der Waals surface area contributed by atoms with Crippen molar-refractivity contribution in [1.29, 1.82) is 0 Å². The molecule has 5 aromatic rings. The summed E-state index contributed by atoms with van der Waals surface area (Å²) in [5, 5.41) is 11.4. The van der Waals surface area contributed by atoms with E-state index in [-0.39, 0.29) is 11.9 Å². The molecule has 1 aromatic heterocycles. The maximum Gasteiger partial charge on any atom is 0.227 e. The minimum Gasteiger partial charge on any atom is -0.463 e. The van der Waals surface area contributed by atoms with Crippen LogP contribution < -0.4 is 4.74 Å². The molecule has 0 radical (unpaired) electrons. The lowest BCUT2D eigenvalue weighted by atomic mass is 9.95. The SMILES string of the molecule is CC(=O)n1cc([C@@H]2Oc3c(Cl)cc(Cl)cc3[C@@H]3CC(c4ccc5ccccc5c4)=NN32)c2ccccc21. The first kappa shape index (κ1) is 22.4. The van der Waals surface area contributed by atoms with Crippen LogP contribution in [0.25, 0.3) is 21.7 Å². The van der Waals surface area contributed by atoms with Gasteiger partial charge in [0.15, 0.2) is 0 Å². The van der Waals surface area contributed by atoms with E-state index in [2.05, 4.69) is 30.3 Å². The predicted molar refractivity (Wildman–Crippen MR) is 148 cm³/mol. The maximum atomic E-state index is 12.5. The Balaban J connectivity index is 1.41. The molecule has 0 amide bonds. The Kier molecular flexibility index (Phi) is 5.07. The van der Waals surface area contributed by atoms with E-state index >= 15 is 0 Å². The number of carbonyl (C=O) groups excluding carboxylic acids is 1. The Morgan fingerprint density at radius 3 is 2.57 bits per heavy atom. The molecule has 0 saturated heterocycles. The van der Waals surface area contributed by atoms with Crippen LogP contribution in [0.15, 0.2) is 90.2 Å². The van der Waals surface area contributed by atoms with E-state index in [1.807, 2.05) is 53.7 Å². The van der Waals surface area contributed by atoms with Crippen molar-refractivity contribution in [3.63, 3.8) is 0 Å². The number of hydrazone groups is 1. The fraction of sp³-hybridized carbons (Fsp3) is 0.133. The van der Waals surface area contributed by atoms with Crippen molar-refractivity contribution in [3.05, 3.63) is 112 Å². The van der Waals surface area contributed by atoms with Crippen molar-refractivity contribution in [3.8, 4) is 5.75 Å². The third-order valence-corrected chi connectivity index (χ3v) is 7.74. The number of nitrogens with zero attached hydrogens (tertiary/aromatic N) is 3. The minimum absolute atomic E-state index is 0.0678. The molecule has 182 valence electrons. The lowest BCUT2D eigenvalue weighted by Gasteiger charge is -2.38. The summed E-state index contributed by atoms with van der Waals surface area (Å²) < 4.78 is 8.24. The number of aromatic nitrogens is 1. The van der Waals surface area contributed by atoms with Gasteiger partial charge in [0.2, 0.25) is 12.1 Å². The molecule has 0 spiro atoms. The number of hydrogen-bond acceptors (Lipinski definition) is 4. The number of carbonyl (C=O) groups is 1. The van der Waals surface area contributed by atoms with Crippen LogP contribution in [0.1, 0.15) is 47.1 Å². The van der Waals surface area contributed by atoms with Crippen LogP contribution in [-0.2, 0) is 0 Å². The van der Waals surface area contributed by atoms with E-state index in [0.29, 0.717) is 22.2 Å². The Hall–Kier alpha value is -3.80. The molecule has 7 rings (SSSR count). The van der Waals surface area contributed by atoms with Crippen LogP contribution in [0.3, 0.4) is 0 Å². The quantitative estimate of drug-likeness (QED) is 0.234. The second-order valence-electron chi connectivity index (χ2n) is 9.48. The zero-order chi connectivity index (χ0) is 25.3. The molecule has 37 heavy (non-hydrogen) atoms. The van der Waals surface area contributed by atoms with E-state index in [1.54, 1.807) is 17.6 Å². The number of hydrogen-bond donors (Lipinski definition) is 0.